The molecule has 0 saturated carbocycles. The summed E-state index contributed by atoms with van der Waals surface area (Å²) in [4.78, 5) is 26.8. The molecule has 0 saturated heterocycles. The highest BCUT2D eigenvalue weighted by Crippen LogP contribution is 2.28. The van der Waals surface area contributed by atoms with Crippen LogP contribution in [-0.4, -0.2) is 28.3 Å². The number of nitrogens with one attached hydrogen (secondary N) is 1. The number of amidine groups is 1. The molecule has 0 bridgehead atoms. The van der Waals surface area contributed by atoms with Gasteiger partial charge < -0.3 is 10.5 Å². The number of carbonyl (C=O) groups is 1. The van der Waals surface area contributed by atoms with Gasteiger partial charge in [0, 0.05) is 24.0 Å². The molecule has 0 aliphatic heterocycles. The zero-order valence-corrected chi connectivity index (χ0v) is 16.3. The van der Waals surface area contributed by atoms with Crippen LogP contribution in [0.5, 0.6) is 5.75 Å². The van der Waals surface area contributed by atoms with Gasteiger partial charge in [-0.05, 0) is 30.2 Å². The maximum Gasteiger partial charge on any atom is 0.311 e. The maximum atomic E-state index is 12.1. The van der Waals surface area contributed by atoms with E-state index < -0.39 is 10.8 Å². The molecule has 154 valence electrons. The van der Waals surface area contributed by atoms with E-state index in [1.165, 1.54) is 12.1 Å². The number of unbranched alkanes of at least 4 members (excludes halogenated alkanes) is 3. The molecule has 3 N–H and O–H groups in total. The number of nitrogens with zero attached hydrogens (tertiary/aromatic N) is 3. The molecule has 0 atom stereocenters. The quantitative estimate of drug-likeness (QED) is 0.196. The Morgan fingerprint density at radius 2 is 2.00 bits per heavy atom. The number of pyridine rings is 1. The van der Waals surface area contributed by atoms with Gasteiger partial charge >= 0.3 is 5.69 Å². The fourth-order valence-electron chi connectivity index (χ4n) is 2.58. The van der Waals surface area contributed by atoms with Crippen LogP contribution in [0.15, 0.2) is 47.8 Å². The highest BCUT2D eigenvalue weighted by atomic mass is 16.6. The van der Waals surface area contributed by atoms with Crippen LogP contribution in [0.2, 0.25) is 0 Å². The van der Waals surface area contributed by atoms with Crippen LogP contribution < -0.4 is 15.9 Å². The smallest absolute Gasteiger partial charge is 0.311 e. The summed E-state index contributed by atoms with van der Waals surface area (Å²) < 4.78 is 5.55. The molecule has 2 rings (SSSR count). The number of nitro groups is 1. The topological polar surface area (TPSA) is 133 Å². The average Bonchev–Trinajstić information content (AvgIpc) is 2.73. The van der Waals surface area contributed by atoms with E-state index in [0.29, 0.717) is 17.7 Å². The van der Waals surface area contributed by atoms with Crippen LogP contribution in [-0.2, 0) is 11.2 Å². The Morgan fingerprint density at radius 3 is 2.69 bits per heavy atom. The van der Waals surface area contributed by atoms with Gasteiger partial charge in [0.2, 0.25) is 5.91 Å². The van der Waals surface area contributed by atoms with E-state index in [1.54, 1.807) is 30.6 Å². The second-order valence-electron chi connectivity index (χ2n) is 6.41. The molecule has 1 amide bonds. The summed E-state index contributed by atoms with van der Waals surface area (Å²) >= 11 is 0. The first kappa shape index (κ1) is 21.8. The molecular weight excluding hydrogens is 374 g/mol. The number of nitrogens with two attached hydrogens (primary N) is 1. The Hall–Kier alpha value is -3.49. The van der Waals surface area contributed by atoms with Crippen molar-refractivity contribution < 1.29 is 14.5 Å². The van der Waals surface area contributed by atoms with Gasteiger partial charge in [0.15, 0.2) is 11.6 Å². The van der Waals surface area contributed by atoms with Crippen LogP contribution in [0.25, 0.3) is 0 Å². The van der Waals surface area contributed by atoms with Crippen molar-refractivity contribution in [2.75, 3.05) is 6.61 Å². The summed E-state index contributed by atoms with van der Waals surface area (Å²) in [6.07, 6.45) is 7.11. The van der Waals surface area contributed by atoms with Crippen molar-refractivity contribution in [3.8, 4) is 5.75 Å². The Bertz CT molecular complexity index is 855. The fourth-order valence-corrected chi connectivity index (χ4v) is 2.58. The number of aromatic nitrogens is 1. The largest absolute Gasteiger partial charge is 0.487 e. The average molecular weight is 399 g/mol. The summed E-state index contributed by atoms with van der Waals surface area (Å²) in [5, 5.41) is 15.2. The highest BCUT2D eigenvalue weighted by molar-refractivity contribution is 5.97. The molecule has 29 heavy (non-hydrogen) atoms. The summed E-state index contributed by atoms with van der Waals surface area (Å²) in [6.45, 7) is 2.53. The first-order valence-corrected chi connectivity index (χ1v) is 9.43. The minimum Gasteiger partial charge on any atom is -0.487 e. The predicted molar refractivity (Wildman–Crippen MR) is 110 cm³/mol. The van der Waals surface area contributed by atoms with E-state index in [0.717, 1.165) is 25.7 Å². The normalized spacial score (nSPS) is 11.1. The molecule has 9 heteroatoms. The number of rotatable bonds is 11. The lowest BCUT2D eigenvalue weighted by Crippen LogP contribution is -2.25. The Morgan fingerprint density at radius 1 is 1.24 bits per heavy atom. The summed E-state index contributed by atoms with van der Waals surface area (Å²) in [7, 11) is 0. The minimum atomic E-state index is -0.512. The zero-order valence-electron chi connectivity index (χ0n) is 16.3. The van der Waals surface area contributed by atoms with Gasteiger partial charge in [-0.15, -0.1) is 0 Å². The summed E-state index contributed by atoms with van der Waals surface area (Å²) in [6, 6.07) is 7.82. The second kappa shape index (κ2) is 11.4. The molecule has 0 unspecified atom stereocenters. The molecule has 2 aromatic rings. The van der Waals surface area contributed by atoms with Crippen molar-refractivity contribution in [2.24, 2.45) is 10.8 Å². The zero-order chi connectivity index (χ0) is 21.1. The number of benzene rings is 1. The van der Waals surface area contributed by atoms with Crippen molar-refractivity contribution in [1.82, 2.24) is 10.4 Å². The molecule has 0 aliphatic rings. The van der Waals surface area contributed by atoms with Crippen LogP contribution in [0.1, 0.15) is 43.7 Å². The Balaban J connectivity index is 1.96. The first-order chi connectivity index (χ1) is 14.0. The van der Waals surface area contributed by atoms with Crippen molar-refractivity contribution in [2.45, 2.75) is 39.0 Å². The number of nitro benzene ring substituents is 1. The van der Waals surface area contributed by atoms with Crippen LogP contribution in [0.4, 0.5) is 5.69 Å². The fraction of sp³-hybridized carbons (Fsp3) is 0.350. The molecule has 0 spiro atoms. The Kier molecular flexibility index (Phi) is 8.55. The standard InChI is InChI=1S/C20H25N5O4/c1-2-3-4-5-12-29-18-7-6-15(13-17(18)25(27)28)14-19(26)23-24-20(21)16-8-10-22-11-9-16/h6-11,13H,2-5,12,14H2,1H3,(H2,21,24)(H,23,26). The third-order valence-corrected chi connectivity index (χ3v) is 4.12. The number of carbonyl (C=O) groups excluding carboxylic acids is 1. The van der Waals surface area contributed by atoms with Crippen LogP contribution >= 0.6 is 0 Å². The monoisotopic (exact) mass is 399 g/mol. The summed E-state index contributed by atoms with van der Waals surface area (Å²) in [5.74, 6) is -0.0984. The van der Waals surface area contributed by atoms with Gasteiger partial charge in [-0.25, -0.2) is 5.43 Å². The van der Waals surface area contributed by atoms with E-state index in [1.807, 2.05) is 0 Å². The third-order valence-electron chi connectivity index (χ3n) is 4.12. The maximum absolute atomic E-state index is 12.1. The van der Waals surface area contributed by atoms with Crippen molar-refractivity contribution in [1.29, 1.82) is 0 Å². The third kappa shape index (κ3) is 7.21. The lowest BCUT2D eigenvalue weighted by atomic mass is 10.1. The van der Waals surface area contributed by atoms with E-state index in [2.05, 4.69) is 22.4 Å². The lowest BCUT2D eigenvalue weighted by molar-refractivity contribution is -0.385. The van der Waals surface area contributed by atoms with Crippen molar-refractivity contribution in [3.63, 3.8) is 0 Å². The number of ether oxygens (including phenoxy) is 1. The number of amides is 1. The second-order valence-corrected chi connectivity index (χ2v) is 6.41. The van der Waals surface area contributed by atoms with Gasteiger partial charge in [0.25, 0.3) is 0 Å². The summed E-state index contributed by atoms with van der Waals surface area (Å²) in [5.41, 5.74) is 9.09. The molecule has 1 aromatic carbocycles. The molecule has 1 aromatic heterocycles. The van der Waals surface area contributed by atoms with E-state index in [4.69, 9.17) is 10.5 Å². The lowest BCUT2D eigenvalue weighted by Gasteiger charge is -2.08. The molecule has 1 heterocycles. The van der Waals surface area contributed by atoms with Crippen molar-refractivity contribution >= 4 is 17.4 Å². The van der Waals surface area contributed by atoms with E-state index >= 15 is 0 Å². The first-order valence-electron chi connectivity index (χ1n) is 9.43. The highest BCUT2D eigenvalue weighted by Gasteiger charge is 2.17. The predicted octanol–water partition coefficient (Wildman–Crippen LogP) is 2.93. The minimum absolute atomic E-state index is 0.0786. The molecule has 0 aliphatic carbocycles. The molecule has 0 fully saturated rings. The van der Waals surface area contributed by atoms with E-state index in [9.17, 15) is 14.9 Å². The SMILES string of the molecule is CCCCCCOc1ccc(CC(=O)N/N=C(\N)c2ccncc2)cc1[N+](=O)[O-]. The van der Waals surface area contributed by atoms with Crippen molar-refractivity contribution in [3.05, 3.63) is 64.0 Å². The Labute approximate surface area is 169 Å². The van der Waals surface area contributed by atoms with Gasteiger partial charge in [-0.1, -0.05) is 32.3 Å². The molecule has 9 nitrogen and oxygen atoms in total. The molecule has 0 radical (unpaired) electrons. The van der Waals surface area contributed by atoms with Gasteiger partial charge in [-0.3, -0.25) is 19.9 Å². The van der Waals surface area contributed by atoms with Crippen LogP contribution in [0, 0.1) is 10.1 Å². The van der Waals surface area contributed by atoms with Gasteiger partial charge in [0.1, 0.15) is 0 Å². The molecular formula is C20H25N5O4. The number of hydrogen-bond acceptors (Lipinski definition) is 6. The van der Waals surface area contributed by atoms with Gasteiger partial charge in [0.05, 0.1) is 18.0 Å². The number of hydrogen-bond donors (Lipinski definition) is 2. The van der Waals surface area contributed by atoms with Crippen LogP contribution in [0.3, 0.4) is 0 Å². The number of hydrazone groups is 1. The van der Waals surface area contributed by atoms with Gasteiger partial charge in [-0.2, -0.15) is 5.10 Å². The van der Waals surface area contributed by atoms with E-state index in [-0.39, 0.29) is 23.7 Å².